The number of nitrogens with two attached hydrogens (primary N) is 1. The van der Waals surface area contributed by atoms with E-state index in [1.165, 1.54) is 6.92 Å². The molecule has 0 spiro atoms. The fraction of sp³-hybridized carbons (Fsp3) is 0.875. The van der Waals surface area contributed by atoms with Crippen LogP contribution in [0.3, 0.4) is 0 Å². The normalized spacial score (nSPS) is 43.9. The first-order chi connectivity index (χ1) is 13.8. The van der Waals surface area contributed by atoms with Gasteiger partial charge in [0.1, 0.15) is 42.7 Å². The van der Waals surface area contributed by atoms with E-state index in [4.69, 9.17) is 25.4 Å². The molecule has 0 saturated carbocycles. The summed E-state index contributed by atoms with van der Waals surface area (Å²) in [4.78, 5) is 21.9. The van der Waals surface area contributed by atoms with Crippen molar-refractivity contribution < 1.29 is 59.9 Å². The van der Waals surface area contributed by atoms with Gasteiger partial charge in [0.2, 0.25) is 11.7 Å². The Bertz CT molecular complexity index is 584. The van der Waals surface area contributed by atoms with Gasteiger partial charge in [-0.05, 0) is 0 Å². The smallest absolute Gasteiger partial charge is 0.244 e. The van der Waals surface area contributed by atoms with Crippen LogP contribution in [0.4, 0.5) is 0 Å². The maximum atomic E-state index is 11.1. The van der Waals surface area contributed by atoms with Gasteiger partial charge in [-0.1, -0.05) is 0 Å². The summed E-state index contributed by atoms with van der Waals surface area (Å²) in [5.74, 6) is -3.62. The number of hydrogen-bond donors (Lipinski definition) is 10. The molecule has 0 aromatic carbocycles. The minimum atomic E-state index is -2.37. The first kappa shape index (κ1) is 26.7. The Morgan fingerprint density at radius 3 is 1.87 bits per heavy atom. The fourth-order valence-electron chi connectivity index (χ4n) is 2.99. The summed E-state index contributed by atoms with van der Waals surface area (Å²) in [5.41, 5.74) is 5.38. The average molecular weight is 442 g/mol. The third-order valence-electron chi connectivity index (χ3n) is 4.84. The van der Waals surface area contributed by atoms with Crippen LogP contribution in [0.2, 0.25) is 0 Å². The number of carbonyl (C=O) groups excluding carboxylic acids is 2. The second kappa shape index (κ2) is 10.8. The molecule has 14 nitrogen and oxygen atoms in total. The van der Waals surface area contributed by atoms with Crippen LogP contribution in [0, 0.1) is 0 Å². The number of rotatable bonds is 4. The summed E-state index contributed by atoms with van der Waals surface area (Å²) >= 11 is 0. The molecular formula is C16H30N2O12. The third kappa shape index (κ3) is 5.68. The Kier molecular flexibility index (Phi) is 9.65. The van der Waals surface area contributed by atoms with Crippen molar-refractivity contribution in [2.45, 2.75) is 74.6 Å². The second-order valence-electron chi connectivity index (χ2n) is 7.05. The van der Waals surface area contributed by atoms with Gasteiger partial charge in [-0.3, -0.25) is 9.59 Å². The number of ether oxygens (including phenoxy) is 2. The summed E-state index contributed by atoms with van der Waals surface area (Å²) in [6, 6.07) is -2.55. The Labute approximate surface area is 171 Å². The van der Waals surface area contributed by atoms with Crippen molar-refractivity contribution in [3.05, 3.63) is 0 Å². The van der Waals surface area contributed by atoms with Crippen LogP contribution in [-0.4, -0.2) is 127 Å². The first-order valence-electron chi connectivity index (χ1n) is 9.03. The lowest BCUT2D eigenvalue weighted by Crippen LogP contribution is -2.70. The molecule has 10 atom stereocenters. The van der Waals surface area contributed by atoms with Crippen LogP contribution >= 0.6 is 0 Å². The van der Waals surface area contributed by atoms with E-state index in [0.717, 1.165) is 6.92 Å². The lowest BCUT2D eigenvalue weighted by molar-refractivity contribution is -0.296. The van der Waals surface area contributed by atoms with Gasteiger partial charge < -0.3 is 61.4 Å². The number of nitrogens with one attached hydrogen (secondary N) is 1. The molecule has 11 N–H and O–H groups in total. The molecule has 0 radical (unpaired) electrons. The maximum absolute atomic E-state index is 11.1. The van der Waals surface area contributed by atoms with Crippen LogP contribution in [0.25, 0.3) is 0 Å². The van der Waals surface area contributed by atoms with Gasteiger partial charge >= 0.3 is 0 Å². The van der Waals surface area contributed by atoms with Crippen LogP contribution < -0.4 is 11.1 Å². The summed E-state index contributed by atoms with van der Waals surface area (Å²) in [6.45, 7) is 1.09. The zero-order valence-electron chi connectivity index (χ0n) is 16.4. The molecular weight excluding hydrogens is 412 g/mol. The highest BCUT2D eigenvalue weighted by Gasteiger charge is 2.54. The quantitative estimate of drug-likeness (QED) is 0.195. The Hall–Kier alpha value is -1.30. The topological polar surface area (TPSA) is 252 Å². The van der Waals surface area contributed by atoms with Crippen LogP contribution in [-0.2, 0) is 19.1 Å². The molecule has 0 aromatic heterocycles. The van der Waals surface area contributed by atoms with Crippen molar-refractivity contribution in [2.24, 2.45) is 5.73 Å². The fourth-order valence-corrected chi connectivity index (χ4v) is 2.99. The van der Waals surface area contributed by atoms with Crippen molar-refractivity contribution in [1.82, 2.24) is 5.32 Å². The Morgan fingerprint density at radius 1 is 0.933 bits per heavy atom. The number of hydrogen-bond acceptors (Lipinski definition) is 13. The first-order valence-corrected chi connectivity index (χ1v) is 9.03. The van der Waals surface area contributed by atoms with E-state index in [2.05, 4.69) is 5.32 Å². The van der Waals surface area contributed by atoms with E-state index in [0.29, 0.717) is 0 Å². The summed E-state index contributed by atoms with van der Waals surface area (Å²) in [6.07, 6.45) is -9.46. The van der Waals surface area contributed by atoms with E-state index >= 15 is 0 Å². The number of Topliss-reactive ketones (excluding diaryl/α,β-unsaturated/α-hetero) is 1. The van der Waals surface area contributed by atoms with Gasteiger partial charge in [-0.2, -0.15) is 0 Å². The largest absolute Gasteiger partial charge is 0.394 e. The molecule has 0 bridgehead atoms. The lowest BCUT2D eigenvalue weighted by atomic mass is 9.89. The minimum Gasteiger partial charge on any atom is -0.394 e. The van der Waals surface area contributed by atoms with Gasteiger partial charge in [-0.25, -0.2) is 0 Å². The number of aliphatic hydroxyl groups is 8. The highest BCUT2D eigenvalue weighted by molar-refractivity contribution is 5.84. The second-order valence-corrected chi connectivity index (χ2v) is 7.05. The van der Waals surface area contributed by atoms with Crippen molar-refractivity contribution in [3.63, 3.8) is 0 Å². The molecule has 2 saturated heterocycles. The maximum Gasteiger partial charge on any atom is 0.244 e. The number of amides is 1. The van der Waals surface area contributed by atoms with Crippen molar-refractivity contribution >= 4 is 11.7 Å². The third-order valence-corrected chi connectivity index (χ3v) is 4.84. The summed E-state index contributed by atoms with van der Waals surface area (Å²) in [5, 5.41) is 76.8. The highest BCUT2D eigenvalue weighted by Crippen LogP contribution is 2.27. The van der Waals surface area contributed by atoms with Gasteiger partial charge in [0.15, 0.2) is 12.1 Å². The Balaban J connectivity index is 0.000000300. The zero-order valence-corrected chi connectivity index (χ0v) is 16.4. The minimum absolute atomic E-state index is 0.462. The van der Waals surface area contributed by atoms with E-state index in [1.807, 2.05) is 0 Å². The van der Waals surface area contributed by atoms with Gasteiger partial charge in [0.05, 0.1) is 19.3 Å². The van der Waals surface area contributed by atoms with Crippen LogP contribution in [0.1, 0.15) is 13.8 Å². The number of aliphatic hydroxyl groups excluding tert-OH is 7. The molecule has 2 aliphatic heterocycles. The molecule has 2 unspecified atom stereocenters. The van der Waals surface area contributed by atoms with Crippen molar-refractivity contribution in [1.29, 1.82) is 0 Å². The zero-order chi connectivity index (χ0) is 23.4. The molecule has 1 amide bonds. The predicted octanol–water partition coefficient (Wildman–Crippen LogP) is -6.37. The molecule has 14 heteroatoms. The van der Waals surface area contributed by atoms with Gasteiger partial charge in [0.25, 0.3) is 0 Å². The molecule has 2 fully saturated rings. The van der Waals surface area contributed by atoms with Gasteiger partial charge in [-0.15, -0.1) is 0 Å². The van der Waals surface area contributed by atoms with E-state index in [-0.39, 0.29) is 0 Å². The van der Waals surface area contributed by atoms with E-state index in [1.54, 1.807) is 0 Å². The number of carbonyl (C=O) groups is 2. The summed E-state index contributed by atoms with van der Waals surface area (Å²) in [7, 11) is 0. The van der Waals surface area contributed by atoms with Crippen molar-refractivity contribution in [2.75, 3.05) is 13.2 Å². The monoisotopic (exact) mass is 442 g/mol. The highest BCUT2D eigenvalue weighted by atomic mass is 16.7. The molecule has 0 aliphatic carbocycles. The molecule has 2 rings (SSSR count). The molecule has 30 heavy (non-hydrogen) atoms. The van der Waals surface area contributed by atoms with E-state index in [9.17, 15) is 40.2 Å². The van der Waals surface area contributed by atoms with E-state index < -0.39 is 85.7 Å². The summed E-state index contributed by atoms with van der Waals surface area (Å²) < 4.78 is 9.61. The lowest BCUT2D eigenvalue weighted by Gasteiger charge is -2.44. The molecule has 2 aliphatic rings. The van der Waals surface area contributed by atoms with Gasteiger partial charge in [0, 0.05) is 13.8 Å². The van der Waals surface area contributed by atoms with Crippen molar-refractivity contribution in [3.8, 4) is 0 Å². The predicted molar refractivity (Wildman–Crippen MR) is 95.2 cm³/mol. The standard InChI is InChI=1S/2C8H15NO6/c1-3(11)9-5-7(13)6(12)4(2-10)15-8(5)14;1-3(11)8(14)7(9)6(13)5(12)4(2-10)15-8/h4-8,10,12-14H,2H2,1H3,(H,9,11);4-7,10,12-14H,2,9H2,1H3/t4-,5-,6+,7-,8?;4-,5+,6+,7-,8?/m11/s1. The van der Waals surface area contributed by atoms with Crippen LogP contribution in [0.5, 0.6) is 0 Å². The molecule has 0 aromatic rings. The molecule has 176 valence electrons. The number of ketones is 1. The van der Waals surface area contributed by atoms with Crippen LogP contribution in [0.15, 0.2) is 0 Å². The average Bonchev–Trinajstić information content (AvgIpc) is 2.69. The Morgan fingerprint density at radius 2 is 1.43 bits per heavy atom. The SMILES string of the molecule is CC(=O)C1(O)O[C@H](CO)[C@H](O)[C@H](O)[C@H]1N.CC(=O)N[C@H]1C(O)O[C@H](CO)[C@H](O)[C@@H]1O. The molecule has 2 heterocycles.